The first kappa shape index (κ1) is 13.7. The zero-order valence-electron chi connectivity index (χ0n) is 10.3. The Kier molecular flexibility index (Phi) is 4.19. The largest absolute Gasteiger partial charge is 0.331 e. The van der Waals surface area contributed by atoms with Crippen molar-refractivity contribution in [3.63, 3.8) is 0 Å². The monoisotopic (exact) mass is 331 g/mol. The minimum Gasteiger partial charge on any atom is -0.331 e. The van der Waals surface area contributed by atoms with Gasteiger partial charge in [0.2, 0.25) is 0 Å². The Balaban J connectivity index is 2.35. The molecule has 98 valence electrons. The number of H-pyrrole nitrogens is 1. The van der Waals surface area contributed by atoms with Crippen molar-refractivity contribution < 1.29 is 4.39 Å². The highest BCUT2D eigenvalue weighted by Crippen LogP contribution is 2.23. The lowest BCUT2D eigenvalue weighted by Gasteiger charge is -2.10. The molecule has 18 heavy (non-hydrogen) atoms. The molecular formula is C12H15BrFN3S. The zero-order chi connectivity index (χ0) is 13.3. The molecule has 0 radical (unpaired) electrons. The van der Waals surface area contributed by atoms with E-state index in [2.05, 4.69) is 25.8 Å². The molecule has 2 rings (SSSR count). The van der Waals surface area contributed by atoms with E-state index in [9.17, 15) is 4.39 Å². The number of halogens is 2. The van der Waals surface area contributed by atoms with E-state index in [0.29, 0.717) is 9.24 Å². The van der Waals surface area contributed by atoms with Crippen molar-refractivity contribution >= 4 is 39.2 Å². The number of nitrogens with one attached hydrogen (secondary N) is 1. The van der Waals surface area contributed by atoms with E-state index in [1.165, 1.54) is 6.07 Å². The highest BCUT2D eigenvalue weighted by atomic mass is 79.9. The number of imidazole rings is 1. The summed E-state index contributed by atoms with van der Waals surface area (Å²) in [6, 6.07) is 3.24. The maximum atomic E-state index is 13.6. The van der Waals surface area contributed by atoms with Gasteiger partial charge in [-0.05, 0) is 61.3 Å². The lowest BCUT2D eigenvalue weighted by Crippen LogP contribution is -2.15. The highest BCUT2D eigenvalue weighted by molar-refractivity contribution is 9.10. The summed E-state index contributed by atoms with van der Waals surface area (Å²) in [5, 5.41) is 0. The normalized spacial score (nSPS) is 11.6. The molecule has 0 unspecified atom stereocenters. The van der Waals surface area contributed by atoms with Gasteiger partial charge in [-0.25, -0.2) is 4.39 Å². The van der Waals surface area contributed by atoms with Crippen LogP contribution in [0.2, 0.25) is 0 Å². The number of rotatable bonds is 4. The molecule has 1 heterocycles. The Labute approximate surface area is 119 Å². The van der Waals surface area contributed by atoms with E-state index in [-0.39, 0.29) is 5.82 Å². The van der Waals surface area contributed by atoms with Crippen LogP contribution in [0, 0.1) is 10.6 Å². The van der Waals surface area contributed by atoms with Crippen LogP contribution in [0.1, 0.15) is 6.42 Å². The van der Waals surface area contributed by atoms with Crippen LogP contribution in [0.5, 0.6) is 0 Å². The van der Waals surface area contributed by atoms with Crippen molar-refractivity contribution in [1.29, 1.82) is 0 Å². The zero-order valence-corrected chi connectivity index (χ0v) is 12.7. The summed E-state index contributed by atoms with van der Waals surface area (Å²) < 4.78 is 16.6. The molecule has 0 saturated carbocycles. The van der Waals surface area contributed by atoms with Crippen molar-refractivity contribution in [2.45, 2.75) is 13.0 Å². The standard InChI is InChI=1S/C12H15BrFN3S/c1-16(2)4-3-5-17-11-7-9(14)8(13)6-10(11)15-12(17)18/h6-7H,3-5H2,1-2H3,(H,15,18). The second kappa shape index (κ2) is 5.50. The number of hydrogen-bond acceptors (Lipinski definition) is 2. The average Bonchev–Trinajstić information content (AvgIpc) is 2.56. The van der Waals surface area contributed by atoms with Crippen LogP contribution in [0.15, 0.2) is 16.6 Å². The third-order valence-electron chi connectivity index (χ3n) is 2.80. The molecule has 0 bridgehead atoms. The Bertz CT molecular complexity index is 618. The van der Waals surface area contributed by atoms with Crippen molar-refractivity contribution in [1.82, 2.24) is 14.5 Å². The van der Waals surface area contributed by atoms with Crippen LogP contribution in [-0.4, -0.2) is 35.1 Å². The topological polar surface area (TPSA) is 24.0 Å². The maximum Gasteiger partial charge on any atom is 0.178 e. The first-order chi connectivity index (χ1) is 8.49. The summed E-state index contributed by atoms with van der Waals surface area (Å²) in [5.41, 5.74) is 1.68. The molecule has 3 nitrogen and oxygen atoms in total. The van der Waals surface area contributed by atoms with Crippen molar-refractivity contribution in [2.24, 2.45) is 0 Å². The fourth-order valence-electron chi connectivity index (χ4n) is 1.92. The minimum atomic E-state index is -0.266. The predicted octanol–water partition coefficient (Wildman–Crippen LogP) is 3.55. The van der Waals surface area contributed by atoms with Crippen LogP contribution in [0.25, 0.3) is 11.0 Å². The van der Waals surface area contributed by atoms with E-state index in [1.807, 2.05) is 18.7 Å². The van der Waals surface area contributed by atoms with Crippen molar-refractivity contribution in [3.8, 4) is 0 Å². The quantitative estimate of drug-likeness (QED) is 0.866. The first-order valence-corrected chi connectivity index (χ1v) is 6.91. The lowest BCUT2D eigenvalue weighted by atomic mass is 10.3. The van der Waals surface area contributed by atoms with Crippen molar-refractivity contribution in [2.75, 3.05) is 20.6 Å². The third-order valence-corrected chi connectivity index (χ3v) is 3.73. The molecule has 0 spiro atoms. The first-order valence-electron chi connectivity index (χ1n) is 5.71. The van der Waals surface area contributed by atoms with Gasteiger partial charge in [0.1, 0.15) is 5.82 Å². The molecule has 0 amide bonds. The maximum absolute atomic E-state index is 13.6. The molecule has 0 aliphatic heterocycles. The molecule has 1 aromatic carbocycles. The average molecular weight is 332 g/mol. The second-order valence-electron chi connectivity index (χ2n) is 4.52. The van der Waals surface area contributed by atoms with Crippen LogP contribution in [0.3, 0.4) is 0 Å². The summed E-state index contributed by atoms with van der Waals surface area (Å²) in [6.45, 7) is 1.77. The van der Waals surface area contributed by atoms with Crippen LogP contribution >= 0.6 is 28.1 Å². The van der Waals surface area contributed by atoms with Gasteiger partial charge in [0, 0.05) is 12.6 Å². The molecule has 0 atom stereocenters. The van der Waals surface area contributed by atoms with Gasteiger partial charge in [-0.2, -0.15) is 0 Å². The second-order valence-corrected chi connectivity index (χ2v) is 5.76. The van der Waals surface area contributed by atoms with Crippen LogP contribution in [-0.2, 0) is 6.54 Å². The number of aromatic nitrogens is 2. The Morgan fingerprint density at radius 2 is 2.17 bits per heavy atom. The van der Waals surface area contributed by atoms with E-state index in [1.54, 1.807) is 6.07 Å². The molecule has 0 saturated heterocycles. The lowest BCUT2D eigenvalue weighted by molar-refractivity contribution is 0.387. The van der Waals surface area contributed by atoms with Gasteiger partial charge >= 0.3 is 0 Å². The van der Waals surface area contributed by atoms with E-state index in [4.69, 9.17) is 12.2 Å². The smallest absolute Gasteiger partial charge is 0.178 e. The fraction of sp³-hybridized carbons (Fsp3) is 0.417. The van der Waals surface area contributed by atoms with Crippen LogP contribution in [0.4, 0.5) is 4.39 Å². The summed E-state index contributed by atoms with van der Waals surface area (Å²) in [5.74, 6) is -0.266. The van der Waals surface area contributed by atoms with Crippen LogP contribution < -0.4 is 0 Å². The van der Waals surface area contributed by atoms with E-state index >= 15 is 0 Å². The summed E-state index contributed by atoms with van der Waals surface area (Å²) in [4.78, 5) is 5.22. The summed E-state index contributed by atoms with van der Waals surface area (Å²) in [6.07, 6.45) is 0.978. The Morgan fingerprint density at radius 1 is 1.44 bits per heavy atom. The fourth-order valence-corrected chi connectivity index (χ4v) is 2.56. The van der Waals surface area contributed by atoms with Gasteiger partial charge in [0.15, 0.2) is 4.77 Å². The molecule has 0 aliphatic rings. The molecule has 1 aromatic heterocycles. The van der Waals surface area contributed by atoms with Gasteiger partial charge < -0.3 is 14.5 Å². The highest BCUT2D eigenvalue weighted by Gasteiger charge is 2.08. The van der Waals surface area contributed by atoms with Gasteiger partial charge in [0.25, 0.3) is 0 Å². The summed E-state index contributed by atoms with van der Waals surface area (Å²) >= 11 is 8.45. The minimum absolute atomic E-state index is 0.266. The molecule has 6 heteroatoms. The van der Waals surface area contributed by atoms with Gasteiger partial charge in [0.05, 0.1) is 15.5 Å². The molecular weight excluding hydrogens is 317 g/mol. The number of aryl methyl sites for hydroxylation is 1. The molecule has 1 N–H and O–H groups in total. The third kappa shape index (κ3) is 2.81. The van der Waals surface area contributed by atoms with Gasteiger partial charge in [-0.1, -0.05) is 0 Å². The number of aromatic amines is 1. The molecule has 2 aromatic rings. The van der Waals surface area contributed by atoms with Gasteiger partial charge in [-0.15, -0.1) is 0 Å². The summed E-state index contributed by atoms with van der Waals surface area (Å²) in [7, 11) is 4.07. The molecule has 0 aliphatic carbocycles. The Morgan fingerprint density at radius 3 is 2.83 bits per heavy atom. The van der Waals surface area contributed by atoms with Gasteiger partial charge in [-0.3, -0.25) is 0 Å². The predicted molar refractivity (Wildman–Crippen MR) is 78.0 cm³/mol. The SMILES string of the molecule is CN(C)CCCn1c(=S)[nH]c2cc(Br)c(F)cc21. The Hall–Kier alpha value is -0.720. The van der Waals surface area contributed by atoms with E-state index < -0.39 is 0 Å². The van der Waals surface area contributed by atoms with E-state index in [0.717, 1.165) is 30.5 Å². The van der Waals surface area contributed by atoms with Crippen molar-refractivity contribution in [3.05, 3.63) is 27.2 Å². The molecule has 0 fully saturated rings. The number of hydrogen-bond donors (Lipinski definition) is 1. The number of nitrogens with zero attached hydrogens (tertiary/aromatic N) is 2. The number of benzene rings is 1. The number of fused-ring (bicyclic) bond motifs is 1.